The molecule has 130 valence electrons. The molecule has 1 saturated heterocycles. The number of benzene rings is 2. The standard InChI is InChI=1S/C20H20N6/c21-14-16-8-10-18(11-9-16)19(25-12-4-5-13-25)20-22-23-24-26(20)15-17-6-2-1-3-7-17/h1-3,6-11,19H,4-5,12-13,15H2/p+1/t19-/m1/s1. The fourth-order valence-corrected chi connectivity index (χ4v) is 3.72. The van der Waals surface area contributed by atoms with Crippen molar-refractivity contribution < 1.29 is 4.90 Å². The van der Waals surface area contributed by atoms with Gasteiger partial charge < -0.3 is 4.90 Å². The minimum absolute atomic E-state index is 0.0870. The molecule has 2 heterocycles. The van der Waals surface area contributed by atoms with Crippen LogP contribution in [0.25, 0.3) is 0 Å². The summed E-state index contributed by atoms with van der Waals surface area (Å²) in [6, 6.07) is 20.4. The van der Waals surface area contributed by atoms with Crippen LogP contribution in [-0.2, 0) is 6.54 Å². The highest BCUT2D eigenvalue weighted by atomic mass is 15.5. The predicted molar refractivity (Wildman–Crippen MR) is 96.3 cm³/mol. The molecule has 1 fully saturated rings. The first-order valence-electron chi connectivity index (χ1n) is 9.00. The van der Waals surface area contributed by atoms with Crippen molar-refractivity contribution in [3.63, 3.8) is 0 Å². The monoisotopic (exact) mass is 345 g/mol. The van der Waals surface area contributed by atoms with E-state index >= 15 is 0 Å². The molecule has 26 heavy (non-hydrogen) atoms. The molecule has 6 nitrogen and oxygen atoms in total. The van der Waals surface area contributed by atoms with Gasteiger partial charge >= 0.3 is 0 Å². The molecule has 2 aromatic carbocycles. The van der Waals surface area contributed by atoms with Crippen molar-refractivity contribution in [1.82, 2.24) is 20.2 Å². The molecule has 1 aliphatic heterocycles. The quantitative estimate of drug-likeness (QED) is 0.758. The Morgan fingerprint density at radius 3 is 2.46 bits per heavy atom. The van der Waals surface area contributed by atoms with Gasteiger partial charge in [-0.1, -0.05) is 42.5 Å². The number of nitrogens with one attached hydrogen (secondary N) is 1. The third-order valence-corrected chi connectivity index (χ3v) is 5.02. The van der Waals surface area contributed by atoms with E-state index in [9.17, 15) is 0 Å². The fourth-order valence-electron chi connectivity index (χ4n) is 3.72. The lowest BCUT2D eigenvalue weighted by molar-refractivity contribution is -0.914. The number of nitriles is 1. The van der Waals surface area contributed by atoms with Crippen LogP contribution in [0.5, 0.6) is 0 Å². The third-order valence-electron chi connectivity index (χ3n) is 5.02. The number of likely N-dealkylation sites (tertiary alicyclic amines) is 1. The number of quaternary nitrogens is 1. The van der Waals surface area contributed by atoms with E-state index in [1.807, 2.05) is 47.1 Å². The predicted octanol–water partition coefficient (Wildman–Crippen LogP) is 1.36. The van der Waals surface area contributed by atoms with E-state index < -0.39 is 0 Å². The van der Waals surface area contributed by atoms with Gasteiger partial charge in [0.1, 0.15) is 0 Å². The highest BCUT2D eigenvalue weighted by Gasteiger charge is 2.33. The van der Waals surface area contributed by atoms with Gasteiger partial charge in [0.05, 0.1) is 31.3 Å². The maximum absolute atomic E-state index is 9.08. The first-order valence-corrected chi connectivity index (χ1v) is 9.00. The van der Waals surface area contributed by atoms with Gasteiger partial charge in [0, 0.05) is 18.4 Å². The molecule has 1 aliphatic rings. The molecule has 3 aromatic rings. The Morgan fingerprint density at radius 2 is 1.77 bits per heavy atom. The highest BCUT2D eigenvalue weighted by Crippen LogP contribution is 2.19. The zero-order valence-corrected chi connectivity index (χ0v) is 14.5. The van der Waals surface area contributed by atoms with Crippen molar-refractivity contribution >= 4 is 0 Å². The molecule has 0 radical (unpaired) electrons. The van der Waals surface area contributed by atoms with Gasteiger partial charge in [-0.25, -0.2) is 4.68 Å². The van der Waals surface area contributed by atoms with Gasteiger partial charge in [0.25, 0.3) is 0 Å². The lowest BCUT2D eigenvalue weighted by Gasteiger charge is -2.24. The second kappa shape index (κ2) is 7.46. The molecule has 4 rings (SSSR count). The van der Waals surface area contributed by atoms with Gasteiger partial charge in [0.15, 0.2) is 6.04 Å². The highest BCUT2D eigenvalue weighted by molar-refractivity contribution is 5.34. The van der Waals surface area contributed by atoms with Crippen LogP contribution in [0.15, 0.2) is 54.6 Å². The van der Waals surface area contributed by atoms with Gasteiger partial charge in [-0.2, -0.15) is 5.26 Å². The van der Waals surface area contributed by atoms with E-state index in [1.54, 1.807) is 0 Å². The molecular formula is C20H21N6+. The molecule has 6 heteroatoms. The summed E-state index contributed by atoms with van der Waals surface area (Å²) in [6.45, 7) is 2.88. The van der Waals surface area contributed by atoms with E-state index in [0.29, 0.717) is 12.1 Å². The van der Waals surface area contributed by atoms with Crippen molar-refractivity contribution in [2.45, 2.75) is 25.4 Å². The number of tetrazole rings is 1. The zero-order chi connectivity index (χ0) is 17.8. The molecule has 0 aliphatic carbocycles. The lowest BCUT2D eigenvalue weighted by atomic mass is 10.0. The van der Waals surface area contributed by atoms with Gasteiger partial charge in [-0.05, 0) is 28.1 Å². The summed E-state index contributed by atoms with van der Waals surface area (Å²) in [7, 11) is 0. The van der Waals surface area contributed by atoms with Gasteiger partial charge in [0.2, 0.25) is 5.82 Å². The largest absolute Gasteiger partial charge is 0.322 e. The summed E-state index contributed by atoms with van der Waals surface area (Å²) >= 11 is 0. The summed E-state index contributed by atoms with van der Waals surface area (Å²) in [5, 5.41) is 21.7. The molecule has 1 aromatic heterocycles. The topological polar surface area (TPSA) is 71.8 Å². The number of rotatable bonds is 5. The van der Waals surface area contributed by atoms with Crippen molar-refractivity contribution in [2.24, 2.45) is 0 Å². The second-order valence-electron chi connectivity index (χ2n) is 6.71. The van der Waals surface area contributed by atoms with E-state index in [2.05, 4.69) is 33.7 Å². The van der Waals surface area contributed by atoms with Crippen LogP contribution in [0.1, 0.15) is 41.4 Å². The molecule has 0 amide bonds. The van der Waals surface area contributed by atoms with E-state index in [0.717, 1.165) is 24.5 Å². The Labute approximate surface area is 152 Å². The van der Waals surface area contributed by atoms with Crippen LogP contribution >= 0.6 is 0 Å². The molecular weight excluding hydrogens is 324 g/mol. The average Bonchev–Trinajstić information content (AvgIpc) is 3.37. The van der Waals surface area contributed by atoms with E-state index in [4.69, 9.17) is 5.26 Å². The molecule has 1 atom stereocenters. The first kappa shape index (κ1) is 16.4. The Morgan fingerprint density at radius 1 is 1.04 bits per heavy atom. The number of hydrogen-bond acceptors (Lipinski definition) is 4. The Hall–Kier alpha value is -3.04. The molecule has 0 unspecified atom stereocenters. The SMILES string of the molecule is N#Cc1ccc([C@H](c2nnnn2Cc2ccccc2)[NH+]2CCCC2)cc1. The van der Waals surface area contributed by atoms with Crippen LogP contribution in [-0.4, -0.2) is 33.3 Å². The average molecular weight is 345 g/mol. The van der Waals surface area contributed by atoms with Crippen LogP contribution in [0.3, 0.4) is 0 Å². The summed E-state index contributed by atoms with van der Waals surface area (Å²) in [4.78, 5) is 1.49. The molecule has 0 bridgehead atoms. The second-order valence-corrected chi connectivity index (χ2v) is 6.71. The molecule has 0 saturated carbocycles. The maximum atomic E-state index is 9.08. The Kier molecular flexibility index (Phi) is 4.71. The molecule has 0 spiro atoms. The zero-order valence-electron chi connectivity index (χ0n) is 14.5. The minimum Gasteiger partial charge on any atom is -0.322 e. The van der Waals surface area contributed by atoms with Gasteiger partial charge in [-0.15, -0.1) is 5.10 Å². The Balaban J connectivity index is 1.70. The van der Waals surface area contributed by atoms with Crippen LogP contribution in [0.4, 0.5) is 0 Å². The normalized spacial score (nSPS) is 15.7. The number of nitrogens with zero attached hydrogens (tertiary/aromatic N) is 5. The van der Waals surface area contributed by atoms with Crippen molar-refractivity contribution in [2.75, 3.05) is 13.1 Å². The summed E-state index contributed by atoms with van der Waals surface area (Å²) in [5.74, 6) is 0.885. The number of aromatic nitrogens is 4. The number of hydrogen-bond donors (Lipinski definition) is 1. The summed E-state index contributed by atoms with van der Waals surface area (Å²) in [6.07, 6.45) is 2.45. The smallest absolute Gasteiger partial charge is 0.214 e. The first-order chi connectivity index (χ1) is 12.8. The van der Waals surface area contributed by atoms with E-state index in [1.165, 1.54) is 23.3 Å². The Bertz CT molecular complexity index is 888. The van der Waals surface area contributed by atoms with Crippen molar-refractivity contribution in [3.8, 4) is 6.07 Å². The van der Waals surface area contributed by atoms with Crippen LogP contribution < -0.4 is 4.90 Å². The minimum atomic E-state index is 0.0870. The summed E-state index contributed by atoms with van der Waals surface area (Å²) < 4.78 is 1.91. The lowest BCUT2D eigenvalue weighted by Crippen LogP contribution is -3.10. The maximum Gasteiger partial charge on any atom is 0.214 e. The van der Waals surface area contributed by atoms with Crippen LogP contribution in [0.2, 0.25) is 0 Å². The fraction of sp³-hybridized carbons (Fsp3) is 0.300. The van der Waals surface area contributed by atoms with Crippen LogP contribution in [0, 0.1) is 11.3 Å². The summed E-state index contributed by atoms with van der Waals surface area (Å²) in [5.41, 5.74) is 3.01. The third kappa shape index (κ3) is 3.35. The molecule has 1 N–H and O–H groups in total. The van der Waals surface area contributed by atoms with Crippen molar-refractivity contribution in [1.29, 1.82) is 5.26 Å². The van der Waals surface area contributed by atoms with E-state index in [-0.39, 0.29) is 6.04 Å². The van der Waals surface area contributed by atoms with Gasteiger partial charge in [-0.3, -0.25) is 0 Å². The van der Waals surface area contributed by atoms with Crippen molar-refractivity contribution in [3.05, 3.63) is 77.1 Å².